The predicted molar refractivity (Wildman–Crippen MR) is 72.5 cm³/mol. The van der Waals surface area contributed by atoms with Crippen molar-refractivity contribution in [3.63, 3.8) is 0 Å². The first-order chi connectivity index (χ1) is 7.22. The number of thiophene rings is 3. The summed E-state index contributed by atoms with van der Waals surface area (Å²) in [5.74, 6) is 0. The van der Waals surface area contributed by atoms with E-state index in [-0.39, 0.29) is 0 Å². The second-order valence-electron chi connectivity index (χ2n) is 3.61. The summed E-state index contributed by atoms with van der Waals surface area (Å²) in [6.45, 7) is 4.33. The van der Waals surface area contributed by atoms with E-state index >= 15 is 0 Å². The van der Waals surface area contributed by atoms with E-state index in [2.05, 4.69) is 38.1 Å². The molecule has 0 atom stereocenters. The summed E-state index contributed by atoms with van der Waals surface area (Å²) in [6, 6.07) is 9.03. The van der Waals surface area contributed by atoms with Crippen LogP contribution in [0, 0.1) is 13.8 Å². The first kappa shape index (κ1) is 9.58. The summed E-state index contributed by atoms with van der Waals surface area (Å²) in [5, 5.41) is 0. The van der Waals surface area contributed by atoms with Gasteiger partial charge < -0.3 is 0 Å². The summed E-state index contributed by atoms with van der Waals surface area (Å²) in [4.78, 5) is 5.61. The van der Waals surface area contributed by atoms with Crippen molar-refractivity contribution in [2.45, 2.75) is 13.8 Å². The van der Waals surface area contributed by atoms with Crippen LogP contribution in [0.4, 0.5) is 0 Å². The lowest BCUT2D eigenvalue weighted by atomic mass is 10.3. The van der Waals surface area contributed by atoms with Crippen molar-refractivity contribution in [1.29, 1.82) is 0 Å². The zero-order valence-electron chi connectivity index (χ0n) is 8.53. The fraction of sp³-hybridized carbons (Fsp3) is 0.167. The number of hydrogen-bond donors (Lipinski definition) is 0. The maximum Gasteiger partial charge on any atom is 0.0463 e. The number of aryl methyl sites for hydroxylation is 2. The van der Waals surface area contributed by atoms with Crippen molar-refractivity contribution < 1.29 is 0 Å². The highest BCUT2D eigenvalue weighted by molar-refractivity contribution is 7.31. The molecule has 0 aromatic carbocycles. The molecule has 3 rings (SSSR count). The van der Waals surface area contributed by atoms with Crippen molar-refractivity contribution in [1.82, 2.24) is 0 Å². The molecule has 0 saturated carbocycles. The van der Waals surface area contributed by atoms with Crippen LogP contribution in [0.5, 0.6) is 0 Å². The normalized spacial score (nSPS) is 11.3. The molecule has 0 spiro atoms. The standard InChI is InChI=1S/C12H10S3/c1-7-3-4-9(13-7)11-6-12-10(15-11)5-8(2)14-12/h3-6H,1-2H3. The fourth-order valence-electron chi connectivity index (χ4n) is 1.64. The van der Waals surface area contributed by atoms with Crippen LogP contribution in [0.15, 0.2) is 24.3 Å². The van der Waals surface area contributed by atoms with Crippen LogP contribution >= 0.6 is 34.0 Å². The van der Waals surface area contributed by atoms with Crippen molar-refractivity contribution in [2.24, 2.45) is 0 Å². The minimum Gasteiger partial charge on any atom is -0.140 e. The summed E-state index contributed by atoms with van der Waals surface area (Å²) >= 11 is 5.67. The van der Waals surface area contributed by atoms with Crippen molar-refractivity contribution in [2.75, 3.05) is 0 Å². The second kappa shape index (κ2) is 3.44. The molecule has 76 valence electrons. The molecule has 0 aliphatic carbocycles. The number of fused-ring (bicyclic) bond motifs is 1. The van der Waals surface area contributed by atoms with E-state index in [9.17, 15) is 0 Å². The lowest BCUT2D eigenvalue weighted by Crippen LogP contribution is -1.57. The van der Waals surface area contributed by atoms with Gasteiger partial charge in [0, 0.05) is 28.9 Å². The SMILES string of the molecule is Cc1ccc(-c2cc3sc(C)cc3s2)s1. The molecule has 0 unspecified atom stereocenters. The topological polar surface area (TPSA) is 0 Å². The first-order valence-corrected chi connectivity index (χ1v) is 7.24. The third kappa shape index (κ3) is 1.65. The van der Waals surface area contributed by atoms with Gasteiger partial charge in [-0.1, -0.05) is 0 Å². The van der Waals surface area contributed by atoms with Gasteiger partial charge in [0.1, 0.15) is 0 Å². The van der Waals surface area contributed by atoms with Crippen LogP contribution in [-0.2, 0) is 0 Å². The Morgan fingerprint density at radius 1 is 0.733 bits per heavy atom. The van der Waals surface area contributed by atoms with Gasteiger partial charge in [0.2, 0.25) is 0 Å². The average molecular weight is 250 g/mol. The molecule has 3 heteroatoms. The molecule has 0 aliphatic rings. The van der Waals surface area contributed by atoms with Gasteiger partial charge in [-0.25, -0.2) is 0 Å². The molecule has 0 fully saturated rings. The molecule has 3 aromatic heterocycles. The molecule has 15 heavy (non-hydrogen) atoms. The van der Waals surface area contributed by atoms with Gasteiger partial charge in [-0.2, -0.15) is 0 Å². The molecule has 0 radical (unpaired) electrons. The van der Waals surface area contributed by atoms with Gasteiger partial charge in [-0.3, -0.25) is 0 Å². The Kier molecular flexibility index (Phi) is 2.20. The molecule has 0 nitrogen and oxygen atoms in total. The lowest BCUT2D eigenvalue weighted by molar-refractivity contribution is 1.64. The summed E-state index contributed by atoms with van der Waals surface area (Å²) in [6.07, 6.45) is 0. The van der Waals surface area contributed by atoms with Crippen molar-refractivity contribution in [3.8, 4) is 9.75 Å². The summed E-state index contributed by atoms with van der Waals surface area (Å²) in [5.41, 5.74) is 0. The molecule has 3 heterocycles. The number of rotatable bonds is 1. The fourth-order valence-corrected chi connectivity index (χ4v) is 4.91. The van der Waals surface area contributed by atoms with Gasteiger partial charge in [0.05, 0.1) is 0 Å². The quantitative estimate of drug-likeness (QED) is 0.549. The van der Waals surface area contributed by atoms with Gasteiger partial charge >= 0.3 is 0 Å². The van der Waals surface area contributed by atoms with Crippen molar-refractivity contribution >= 4 is 43.4 Å². The van der Waals surface area contributed by atoms with Crippen LogP contribution in [0.25, 0.3) is 19.2 Å². The Hall–Kier alpha value is -0.640. The summed E-state index contributed by atoms with van der Waals surface area (Å²) in [7, 11) is 0. The lowest BCUT2D eigenvalue weighted by Gasteiger charge is -1.87. The predicted octanol–water partition coefficient (Wildman–Crippen LogP) is 5.31. The van der Waals surface area contributed by atoms with Crippen LogP contribution in [0.3, 0.4) is 0 Å². The van der Waals surface area contributed by atoms with E-state index in [1.54, 1.807) is 0 Å². The molecule has 0 amide bonds. The van der Waals surface area contributed by atoms with Gasteiger partial charge in [-0.05, 0) is 38.1 Å². The largest absolute Gasteiger partial charge is 0.140 e. The smallest absolute Gasteiger partial charge is 0.0463 e. The third-order valence-electron chi connectivity index (χ3n) is 2.31. The van der Waals surface area contributed by atoms with Gasteiger partial charge in [0.25, 0.3) is 0 Å². The molecule has 3 aromatic rings. The van der Waals surface area contributed by atoms with E-state index in [1.165, 1.54) is 28.9 Å². The maximum atomic E-state index is 2.32. The van der Waals surface area contributed by atoms with Gasteiger partial charge in [0.15, 0.2) is 0 Å². The van der Waals surface area contributed by atoms with Crippen LogP contribution in [-0.4, -0.2) is 0 Å². The molecular formula is C12H10S3. The van der Waals surface area contributed by atoms with E-state index in [1.807, 2.05) is 34.0 Å². The number of hydrogen-bond acceptors (Lipinski definition) is 3. The van der Waals surface area contributed by atoms with E-state index in [0.717, 1.165) is 0 Å². The van der Waals surface area contributed by atoms with Gasteiger partial charge in [-0.15, -0.1) is 34.0 Å². The Morgan fingerprint density at radius 2 is 1.53 bits per heavy atom. The Balaban J connectivity index is 2.15. The van der Waals surface area contributed by atoms with E-state index < -0.39 is 0 Å². The first-order valence-electron chi connectivity index (χ1n) is 4.79. The van der Waals surface area contributed by atoms with Crippen LogP contribution in [0.1, 0.15) is 9.75 Å². The Bertz CT molecular complexity index is 578. The van der Waals surface area contributed by atoms with Crippen molar-refractivity contribution in [3.05, 3.63) is 34.0 Å². The molecular weight excluding hydrogens is 240 g/mol. The highest BCUT2D eigenvalue weighted by atomic mass is 32.1. The average Bonchev–Trinajstić information content (AvgIpc) is 2.78. The summed E-state index contributed by atoms with van der Waals surface area (Å²) < 4.78 is 2.86. The molecule has 0 N–H and O–H groups in total. The Labute approximate surface area is 101 Å². The molecule has 0 saturated heterocycles. The highest BCUT2D eigenvalue weighted by Crippen LogP contribution is 2.40. The Morgan fingerprint density at radius 3 is 2.20 bits per heavy atom. The zero-order chi connectivity index (χ0) is 10.4. The van der Waals surface area contributed by atoms with E-state index in [4.69, 9.17) is 0 Å². The zero-order valence-corrected chi connectivity index (χ0v) is 11.0. The van der Waals surface area contributed by atoms with Crippen LogP contribution < -0.4 is 0 Å². The maximum absolute atomic E-state index is 2.32. The molecule has 0 aliphatic heterocycles. The van der Waals surface area contributed by atoms with Crippen LogP contribution in [0.2, 0.25) is 0 Å². The monoisotopic (exact) mass is 250 g/mol. The molecule has 0 bridgehead atoms. The third-order valence-corrected chi connectivity index (χ3v) is 5.72. The van der Waals surface area contributed by atoms with E-state index in [0.29, 0.717) is 0 Å². The second-order valence-corrected chi connectivity index (χ2v) is 7.27. The highest BCUT2D eigenvalue weighted by Gasteiger charge is 2.07. The minimum absolute atomic E-state index is 1.39. The minimum atomic E-state index is 1.39.